The second-order valence-electron chi connectivity index (χ2n) is 4.56. The van der Waals surface area contributed by atoms with Crippen LogP contribution >= 0.6 is 0 Å². The lowest BCUT2D eigenvalue weighted by molar-refractivity contribution is -0.144. The van der Waals surface area contributed by atoms with E-state index in [4.69, 9.17) is 4.74 Å². The first-order valence-electron chi connectivity index (χ1n) is 6.68. The Morgan fingerprint density at radius 1 is 1.05 bits per heavy atom. The second kappa shape index (κ2) is 7.29. The fourth-order valence-electron chi connectivity index (χ4n) is 1.98. The molecule has 0 spiro atoms. The van der Waals surface area contributed by atoms with Gasteiger partial charge in [-0.05, 0) is 23.6 Å². The van der Waals surface area contributed by atoms with Gasteiger partial charge in [-0.2, -0.15) is 0 Å². The summed E-state index contributed by atoms with van der Waals surface area (Å²) in [5.74, 6) is -0.275. The third kappa shape index (κ3) is 4.39. The van der Waals surface area contributed by atoms with Gasteiger partial charge in [0.15, 0.2) is 0 Å². The van der Waals surface area contributed by atoms with Gasteiger partial charge in [0.2, 0.25) is 0 Å². The van der Waals surface area contributed by atoms with E-state index in [0.717, 1.165) is 12.0 Å². The van der Waals surface area contributed by atoms with Gasteiger partial charge in [0.05, 0.1) is 0 Å². The zero-order valence-electron chi connectivity index (χ0n) is 11.5. The SMILES string of the molecule is CC(=O)OC(/C=C/Cc1ccccc1)c1ccccc1. The van der Waals surface area contributed by atoms with E-state index in [1.165, 1.54) is 12.5 Å². The number of esters is 1. The Morgan fingerprint density at radius 3 is 2.25 bits per heavy atom. The van der Waals surface area contributed by atoms with Crippen LogP contribution < -0.4 is 0 Å². The van der Waals surface area contributed by atoms with Gasteiger partial charge in [-0.15, -0.1) is 0 Å². The number of allylic oxidation sites excluding steroid dienone is 1. The molecule has 1 unspecified atom stereocenters. The average molecular weight is 266 g/mol. The fourth-order valence-corrected chi connectivity index (χ4v) is 1.98. The van der Waals surface area contributed by atoms with E-state index < -0.39 is 0 Å². The maximum atomic E-state index is 11.2. The standard InChI is InChI=1S/C18H18O2/c1-15(19)20-18(17-12-6-3-7-13-17)14-8-11-16-9-4-2-5-10-16/h2-10,12-14,18H,11H2,1H3/b14-8+. The molecule has 2 aromatic rings. The van der Waals surface area contributed by atoms with Crippen molar-refractivity contribution in [2.45, 2.75) is 19.4 Å². The van der Waals surface area contributed by atoms with Crippen LogP contribution in [0.15, 0.2) is 72.8 Å². The highest BCUT2D eigenvalue weighted by Gasteiger charge is 2.10. The largest absolute Gasteiger partial charge is 0.453 e. The first-order chi connectivity index (χ1) is 9.75. The molecule has 0 saturated heterocycles. The third-order valence-corrected chi connectivity index (χ3v) is 2.93. The number of carbonyl (C=O) groups excluding carboxylic acids is 1. The minimum Gasteiger partial charge on any atom is -0.453 e. The van der Waals surface area contributed by atoms with Crippen molar-refractivity contribution in [3.8, 4) is 0 Å². The van der Waals surface area contributed by atoms with Crippen LogP contribution in [0.3, 0.4) is 0 Å². The van der Waals surface area contributed by atoms with Gasteiger partial charge in [0.1, 0.15) is 6.10 Å². The lowest BCUT2D eigenvalue weighted by atomic mass is 10.1. The highest BCUT2D eigenvalue weighted by molar-refractivity contribution is 5.66. The van der Waals surface area contributed by atoms with Gasteiger partial charge in [0, 0.05) is 6.92 Å². The van der Waals surface area contributed by atoms with Gasteiger partial charge >= 0.3 is 5.97 Å². The van der Waals surface area contributed by atoms with Crippen molar-refractivity contribution < 1.29 is 9.53 Å². The predicted octanol–water partition coefficient (Wildman–Crippen LogP) is 4.09. The summed E-state index contributed by atoms with van der Waals surface area (Å²) in [6, 6.07) is 19.9. The molecule has 0 amide bonds. The maximum absolute atomic E-state index is 11.2. The molecule has 20 heavy (non-hydrogen) atoms. The van der Waals surface area contributed by atoms with E-state index in [9.17, 15) is 4.79 Å². The molecular weight excluding hydrogens is 248 g/mol. The van der Waals surface area contributed by atoms with Gasteiger partial charge in [-0.25, -0.2) is 0 Å². The van der Waals surface area contributed by atoms with Crippen molar-refractivity contribution >= 4 is 5.97 Å². The van der Waals surface area contributed by atoms with Crippen molar-refractivity contribution in [2.24, 2.45) is 0 Å². The minimum absolute atomic E-state index is 0.275. The molecule has 0 N–H and O–H groups in total. The molecule has 0 bridgehead atoms. The average Bonchev–Trinajstić information content (AvgIpc) is 2.48. The van der Waals surface area contributed by atoms with E-state index in [0.29, 0.717) is 0 Å². The molecule has 0 radical (unpaired) electrons. The molecule has 2 heteroatoms. The van der Waals surface area contributed by atoms with Crippen molar-refractivity contribution in [1.29, 1.82) is 0 Å². The van der Waals surface area contributed by atoms with Crippen LogP contribution in [0.25, 0.3) is 0 Å². The lowest BCUT2D eigenvalue weighted by Crippen LogP contribution is -2.06. The van der Waals surface area contributed by atoms with Gasteiger partial charge in [-0.3, -0.25) is 4.79 Å². The smallest absolute Gasteiger partial charge is 0.303 e. The van der Waals surface area contributed by atoms with Crippen LogP contribution in [-0.2, 0) is 16.0 Å². The monoisotopic (exact) mass is 266 g/mol. The summed E-state index contributed by atoms with van der Waals surface area (Å²) in [6.45, 7) is 1.43. The van der Waals surface area contributed by atoms with Crippen LogP contribution in [0.2, 0.25) is 0 Å². The van der Waals surface area contributed by atoms with Crippen molar-refractivity contribution in [1.82, 2.24) is 0 Å². The minimum atomic E-state index is -0.322. The molecule has 0 aliphatic carbocycles. The van der Waals surface area contributed by atoms with E-state index in [1.54, 1.807) is 0 Å². The molecule has 1 atom stereocenters. The van der Waals surface area contributed by atoms with Crippen LogP contribution in [-0.4, -0.2) is 5.97 Å². The Bertz CT molecular complexity index is 558. The molecule has 0 aliphatic heterocycles. The van der Waals surface area contributed by atoms with Gasteiger partial charge in [0.25, 0.3) is 0 Å². The topological polar surface area (TPSA) is 26.3 Å². The number of ether oxygens (including phenoxy) is 1. The zero-order chi connectivity index (χ0) is 14.2. The highest BCUT2D eigenvalue weighted by Crippen LogP contribution is 2.19. The Morgan fingerprint density at radius 2 is 1.65 bits per heavy atom. The van der Waals surface area contributed by atoms with Crippen LogP contribution in [0, 0.1) is 0 Å². The first-order valence-corrected chi connectivity index (χ1v) is 6.68. The molecule has 2 rings (SSSR count). The summed E-state index contributed by atoms with van der Waals surface area (Å²) in [4.78, 5) is 11.2. The molecule has 0 aliphatic rings. The molecule has 2 aromatic carbocycles. The zero-order valence-corrected chi connectivity index (χ0v) is 11.5. The quantitative estimate of drug-likeness (QED) is 0.602. The Hall–Kier alpha value is -2.35. The molecular formula is C18H18O2. The molecule has 2 nitrogen and oxygen atoms in total. The van der Waals surface area contributed by atoms with E-state index in [1.807, 2.05) is 60.7 Å². The summed E-state index contributed by atoms with van der Waals surface area (Å²) >= 11 is 0. The number of carbonyl (C=O) groups is 1. The predicted molar refractivity (Wildman–Crippen MR) is 80.2 cm³/mol. The van der Waals surface area contributed by atoms with Crippen LogP contribution in [0.4, 0.5) is 0 Å². The Labute approximate surface area is 119 Å². The number of benzene rings is 2. The van der Waals surface area contributed by atoms with Crippen LogP contribution in [0.5, 0.6) is 0 Å². The van der Waals surface area contributed by atoms with E-state index in [-0.39, 0.29) is 12.1 Å². The number of rotatable bonds is 5. The highest BCUT2D eigenvalue weighted by atomic mass is 16.5. The molecule has 0 aromatic heterocycles. The first kappa shape index (κ1) is 14.1. The Kier molecular flexibility index (Phi) is 5.13. The number of hydrogen-bond acceptors (Lipinski definition) is 2. The van der Waals surface area contributed by atoms with E-state index in [2.05, 4.69) is 12.1 Å². The fraction of sp³-hybridized carbons (Fsp3) is 0.167. The summed E-state index contributed by atoms with van der Waals surface area (Å²) in [6.07, 6.45) is 4.47. The lowest BCUT2D eigenvalue weighted by Gasteiger charge is -2.13. The Balaban J connectivity index is 2.06. The summed E-state index contributed by atoms with van der Waals surface area (Å²) in [7, 11) is 0. The maximum Gasteiger partial charge on any atom is 0.303 e. The molecule has 0 saturated carbocycles. The van der Waals surface area contributed by atoms with Gasteiger partial charge in [-0.1, -0.05) is 66.7 Å². The molecule has 0 heterocycles. The number of hydrogen-bond donors (Lipinski definition) is 0. The third-order valence-electron chi connectivity index (χ3n) is 2.93. The summed E-state index contributed by atoms with van der Waals surface area (Å²) in [5, 5.41) is 0. The molecule has 102 valence electrons. The van der Waals surface area contributed by atoms with Gasteiger partial charge < -0.3 is 4.74 Å². The normalized spacial score (nSPS) is 12.2. The van der Waals surface area contributed by atoms with Crippen molar-refractivity contribution in [3.63, 3.8) is 0 Å². The van der Waals surface area contributed by atoms with Crippen LogP contribution in [0.1, 0.15) is 24.2 Å². The van der Waals surface area contributed by atoms with Crippen molar-refractivity contribution in [3.05, 3.63) is 83.9 Å². The summed E-state index contributed by atoms with van der Waals surface area (Å²) in [5.41, 5.74) is 2.21. The second-order valence-corrected chi connectivity index (χ2v) is 4.56. The van der Waals surface area contributed by atoms with Crippen molar-refractivity contribution in [2.75, 3.05) is 0 Å². The van der Waals surface area contributed by atoms with E-state index >= 15 is 0 Å². The summed E-state index contributed by atoms with van der Waals surface area (Å²) < 4.78 is 5.35. The molecule has 0 fully saturated rings.